The van der Waals surface area contributed by atoms with Crippen LogP contribution in [0, 0.1) is 0 Å². The highest BCUT2D eigenvalue weighted by atomic mass is 32.1. The van der Waals surface area contributed by atoms with Gasteiger partial charge < -0.3 is 4.74 Å². The van der Waals surface area contributed by atoms with Crippen LogP contribution >= 0.6 is 12.6 Å². The number of aromatic nitrogens is 2. The Balaban J connectivity index is 2.39. The van der Waals surface area contributed by atoms with Gasteiger partial charge in [0.15, 0.2) is 0 Å². The predicted octanol–water partition coefficient (Wildman–Crippen LogP) is 2.61. The minimum Gasteiger partial charge on any atom is -0.497 e. The van der Waals surface area contributed by atoms with Gasteiger partial charge in [0, 0.05) is 4.90 Å². The monoisotopic (exact) mass is 316 g/mol. The van der Waals surface area contributed by atoms with Crippen LogP contribution in [0.15, 0.2) is 40.2 Å². The first kappa shape index (κ1) is 15.4. The van der Waals surface area contributed by atoms with Gasteiger partial charge in [-0.3, -0.25) is 4.79 Å². The van der Waals surface area contributed by atoms with Gasteiger partial charge in [-0.1, -0.05) is 12.1 Å². The third-order valence-corrected chi connectivity index (χ3v) is 3.14. The fourth-order valence-electron chi connectivity index (χ4n) is 1.76. The maximum atomic E-state index is 12.8. The summed E-state index contributed by atoms with van der Waals surface area (Å²) in [6.07, 6.45) is -3.85. The lowest BCUT2D eigenvalue weighted by atomic mass is 10.2. The van der Waals surface area contributed by atoms with Gasteiger partial charge in [-0.15, -0.1) is 12.6 Å². The Morgan fingerprint density at radius 3 is 2.43 bits per heavy atom. The lowest BCUT2D eigenvalue weighted by Gasteiger charge is -2.11. The molecule has 2 aromatic rings. The summed E-state index contributed by atoms with van der Waals surface area (Å²) in [6, 6.07) is 6.60. The molecule has 0 unspecified atom stereocenters. The van der Waals surface area contributed by atoms with Crippen molar-refractivity contribution < 1.29 is 17.9 Å². The average molecular weight is 316 g/mol. The Morgan fingerprint density at radius 2 is 1.90 bits per heavy atom. The zero-order chi connectivity index (χ0) is 15.6. The SMILES string of the molecule is COc1ccc(Cn2ncc(S)c(C(F)(F)F)c2=O)cc1. The second kappa shape index (κ2) is 5.80. The Labute approximate surface area is 123 Å². The van der Waals surface area contributed by atoms with Crippen LogP contribution in [0.2, 0.25) is 0 Å². The van der Waals surface area contributed by atoms with E-state index in [-0.39, 0.29) is 6.54 Å². The molecule has 4 nitrogen and oxygen atoms in total. The number of rotatable bonds is 3. The van der Waals surface area contributed by atoms with Crippen LogP contribution in [0.1, 0.15) is 11.1 Å². The van der Waals surface area contributed by atoms with E-state index in [0.29, 0.717) is 11.3 Å². The zero-order valence-electron chi connectivity index (χ0n) is 10.9. The van der Waals surface area contributed by atoms with Gasteiger partial charge in [0.1, 0.15) is 11.3 Å². The van der Waals surface area contributed by atoms with E-state index >= 15 is 0 Å². The first-order chi connectivity index (χ1) is 9.82. The van der Waals surface area contributed by atoms with Gasteiger partial charge >= 0.3 is 6.18 Å². The topological polar surface area (TPSA) is 44.1 Å². The number of benzene rings is 1. The third-order valence-electron chi connectivity index (χ3n) is 2.80. The van der Waals surface area contributed by atoms with Crippen molar-refractivity contribution in [1.82, 2.24) is 9.78 Å². The number of nitrogens with zero attached hydrogens (tertiary/aromatic N) is 2. The van der Waals surface area contributed by atoms with Gasteiger partial charge in [-0.05, 0) is 17.7 Å². The third kappa shape index (κ3) is 3.38. The number of alkyl halides is 3. The maximum Gasteiger partial charge on any atom is 0.422 e. The second-order valence-corrected chi connectivity index (χ2v) is 4.70. The van der Waals surface area contributed by atoms with E-state index in [9.17, 15) is 18.0 Å². The molecule has 0 saturated heterocycles. The van der Waals surface area contributed by atoms with Crippen molar-refractivity contribution in [3.63, 3.8) is 0 Å². The first-order valence-electron chi connectivity index (χ1n) is 5.82. The molecule has 112 valence electrons. The van der Waals surface area contributed by atoms with Gasteiger partial charge in [-0.2, -0.15) is 18.3 Å². The van der Waals surface area contributed by atoms with Crippen LogP contribution in [-0.4, -0.2) is 16.9 Å². The Morgan fingerprint density at radius 1 is 1.29 bits per heavy atom. The quantitative estimate of drug-likeness (QED) is 0.885. The molecule has 0 aliphatic heterocycles. The Hall–Kier alpha value is -1.96. The predicted molar refractivity (Wildman–Crippen MR) is 72.8 cm³/mol. The minimum absolute atomic E-state index is 0.0695. The van der Waals surface area contributed by atoms with E-state index in [2.05, 4.69) is 17.7 Å². The molecule has 1 aromatic carbocycles. The highest BCUT2D eigenvalue weighted by Gasteiger charge is 2.37. The normalized spacial score (nSPS) is 11.5. The second-order valence-electron chi connectivity index (χ2n) is 4.21. The van der Waals surface area contributed by atoms with Crippen molar-refractivity contribution in [3.05, 3.63) is 51.9 Å². The first-order valence-corrected chi connectivity index (χ1v) is 6.27. The number of hydrogen-bond acceptors (Lipinski definition) is 4. The molecule has 8 heteroatoms. The van der Waals surface area contributed by atoms with Crippen LogP contribution in [0.5, 0.6) is 5.75 Å². The molecule has 1 aromatic heterocycles. The number of methoxy groups -OCH3 is 1. The molecule has 0 aliphatic carbocycles. The highest BCUT2D eigenvalue weighted by Crippen LogP contribution is 2.30. The molecule has 0 saturated carbocycles. The highest BCUT2D eigenvalue weighted by molar-refractivity contribution is 7.80. The van der Waals surface area contributed by atoms with Gasteiger partial charge in [-0.25, -0.2) is 4.68 Å². The molecule has 0 N–H and O–H groups in total. The summed E-state index contributed by atoms with van der Waals surface area (Å²) in [6.45, 7) is -0.0695. The summed E-state index contributed by atoms with van der Waals surface area (Å²) in [7, 11) is 1.50. The number of ether oxygens (including phenoxy) is 1. The van der Waals surface area contributed by atoms with E-state index in [0.717, 1.165) is 10.9 Å². The number of thiol groups is 1. The molecule has 0 aliphatic rings. The molecule has 0 radical (unpaired) electrons. The maximum absolute atomic E-state index is 12.8. The van der Waals surface area contributed by atoms with Crippen LogP contribution in [0.4, 0.5) is 13.2 Å². The van der Waals surface area contributed by atoms with Crippen LogP contribution in [-0.2, 0) is 12.7 Å². The molecule has 21 heavy (non-hydrogen) atoms. The fourth-order valence-corrected chi connectivity index (χ4v) is 2.04. The van der Waals surface area contributed by atoms with Crippen molar-refractivity contribution in [2.75, 3.05) is 7.11 Å². The van der Waals surface area contributed by atoms with Crippen LogP contribution in [0.3, 0.4) is 0 Å². The van der Waals surface area contributed by atoms with E-state index in [1.165, 1.54) is 7.11 Å². The standard InChI is InChI=1S/C13H11F3N2O2S/c1-20-9-4-2-8(3-5-9)7-18-12(19)11(13(14,15)16)10(21)6-17-18/h2-6,21H,7H2,1H3. The van der Waals surface area contributed by atoms with Crippen LogP contribution in [0.25, 0.3) is 0 Å². The molecule has 2 rings (SSSR count). The summed E-state index contributed by atoms with van der Waals surface area (Å²) >= 11 is 3.65. The zero-order valence-corrected chi connectivity index (χ0v) is 11.8. The summed E-state index contributed by atoms with van der Waals surface area (Å²) in [5.41, 5.74) is -1.90. The molecule has 0 spiro atoms. The summed E-state index contributed by atoms with van der Waals surface area (Å²) in [5, 5.41) is 3.69. The Kier molecular flexibility index (Phi) is 4.26. The smallest absolute Gasteiger partial charge is 0.422 e. The van der Waals surface area contributed by atoms with Crippen LogP contribution < -0.4 is 10.3 Å². The molecule has 0 bridgehead atoms. The van der Waals surface area contributed by atoms with E-state index in [1.54, 1.807) is 24.3 Å². The van der Waals surface area contributed by atoms with Crippen molar-refractivity contribution >= 4 is 12.6 Å². The molecule has 0 atom stereocenters. The lowest BCUT2D eigenvalue weighted by molar-refractivity contribution is -0.141. The van der Waals surface area contributed by atoms with Gasteiger partial charge in [0.25, 0.3) is 5.56 Å². The minimum atomic E-state index is -4.77. The molecular weight excluding hydrogens is 305 g/mol. The lowest BCUT2D eigenvalue weighted by Crippen LogP contribution is -2.31. The number of hydrogen-bond donors (Lipinski definition) is 1. The van der Waals surface area contributed by atoms with E-state index < -0.39 is 22.2 Å². The van der Waals surface area contributed by atoms with Gasteiger partial charge in [0.05, 0.1) is 19.9 Å². The largest absolute Gasteiger partial charge is 0.497 e. The molecule has 0 fully saturated rings. The molecular formula is C13H11F3N2O2S. The van der Waals surface area contributed by atoms with Crippen molar-refractivity contribution in [2.24, 2.45) is 0 Å². The number of halogens is 3. The Bertz CT molecular complexity index is 696. The summed E-state index contributed by atoms with van der Waals surface area (Å²) in [4.78, 5) is 11.4. The summed E-state index contributed by atoms with van der Waals surface area (Å²) in [5.74, 6) is 0.612. The van der Waals surface area contributed by atoms with Crippen molar-refractivity contribution in [2.45, 2.75) is 17.6 Å². The fraction of sp³-hybridized carbons (Fsp3) is 0.231. The van der Waals surface area contributed by atoms with Crippen molar-refractivity contribution in [1.29, 1.82) is 0 Å². The molecule has 1 heterocycles. The van der Waals surface area contributed by atoms with Crippen molar-refractivity contribution in [3.8, 4) is 5.75 Å². The molecule has 0 amide bonds. The van der Waals surface area contributed by atoms with E-state index in [1.807, 2.05) is 0 Å². The van der Waals surface area contributed by atoms with Gasteiger partial charge in [0.2, 0.25) is 0 Å². The average Bonchev–Trinajstić information content (AvgIpc) is 2.41. The van der Waals surface area contributed by atoms with E-state index in [4.69, 9.17) is 4.74 Å². The summed E-state index contributed by atoms with van der Waals surface area (Å²) < 4.78 is 44.2.